The van der Waals surface area contributed by atoms with E-state index in [0.29, 0.717) is 6.54 Å². The summed E-state index contributed by atoms with van der Waals surface area (Å²) in [5.74, 6) is -0.0244. The zero-order chi connectivity index (χ0) is 11.1. The first-order valence-electron chi connectivity index (χ1n) is 5.13. The highest BCUT2D eigenvalue weighted by atomic mass is 16.5. The van der Waals surface area contributed by atoms with E-state index in [9.17, 15) is 4.79 Å². The highest BCUT2D eigenvalue weighted by Crippen LogP contribution is 2.05. The van der Waals surface area contributed by atoms with Crippen LogP contribution < -0.4 is 5.73 Å². The molecule has 0 spiro atoms. The second-order valence-corrected chi connectivity index (χ2v) is 3.44. The van der Waals surface area contributed by atoms with Gasteiger partial charge in [0.25, 0.3) is 0 Å². The average molecular weight is 202 g/mol. The van der Waals surface area contributed by atoms with Crippen molar-refractivity contribution in [3.8, 4) is 0 Å². The Labute approximate surface area is 86.4 Å². The fourth-order valence-corrected chi connectivity index (χ4v) is 1.37. The van der Waals surface area contributed by atoms with Crippen LogP contribution in [0.1, 0.15) is 27.2 Å². The number of amides is 1. The second-order valence-electron chi connectivity index (χ2n) is 3.44. The zero-order valence-corrected chi connectivity index (χ0v) is 9.62. The van der Waals surface area contributed by atoms with Gasteiger partial charge >= 0.3 is 0 Å². The van der Waals surface area contributed by atoms with Gasteiger partial charge in [0.15, 0.2) is 0 Å². The Kier molecular flexibility index (Phi) is 6.49. The summed E-state index contributed by atoms with van der Waals surface area (Å²) in [7, 11) is 1.55. The molecule has 4 heteroatoms. The summed E-state index contributed by atoms with van der Waals surface area (Å²) in [5.41, 5.74) is 5.68. The van der Waals surface area contributed by atoms with E-state index in [2.05, 4.69) is 6.92 Å². The number of hydrogen-bond donors (Lipinski definition) is 1. The van der Waals surface area contributed by atoms with Gasteiger partial charge < -0.3 is 15.4 Å². The number of ether oxygens (including phenoxy) is 1. The molecule has 2 N–H and O–H groups in total. The Hall–Kier alpha value is -0.610. The molecule has 0 aliphatic heterocycles. The molecule has 0 radical (unpaired) electrons. The van der Waals surface area contributed by atoms with Gasteiger partial charge in [-0.15, -0.1) is 0 Å². The van der Waals surface area contributed by atoms with Crippen LogP contribution in [0, 0.1) is 0 Å². The smallest absolute Gasteiger partial charge is 0.242 e. The molecule has 0 aliphatic carbocycles. The molecule has 0 heterocycles. The van der Waals surface area contributed by atoms with Crippen LogP contribution in [-0.4, -0.2) is 43.2 Å². The average Bonchev–Trinajstić information content (AvgIpc) is 2.18. The molecule has 2 unspecified atom stereocenters. The van der Waals surface area contributed by atoms with Crippen molar-refractivity contribution in [2.45, 2.75) is 39.3 Å². The van der Waals surface area contributed by atoms with Crippen molar-refractivity contribution in [1.29, 1.82) is 0 Å². The molecule has 84 valence electrons. The number of carbonyl (C=O) groups excluding carboxylic acids is 1. The third-order valence-corrected chi connectivity index (χ3v) is 2.41. The summed E-state index contributed by atoms with van der Waals surface area (Å²) in [6, 6.07) is -0.288. The van der Waals surface area contributed by atoms with E-state index in [-0.39, 0.29) is 18.6 Å². The molecule has 0 aromatic carbocycles. The predicted octanol–water partition coefficient (Wildman–Crippen LogP) is 0.607. The van der Waals surface area contributed by atoms with Gasteiger partial charge in [-0.3, -0.25) is 4.79 Å². The van der Waals surface area contributed by atoms with Crippen molar-refractivity contribution in [2.24, 2.45) is 5.73 Å². The molecule has 2 atom stereocenters. The van der Waals surface area contributed by atoms with Gasteiger partial charge in [-0.2, -0.15) is 0 Å². The van der Waals surface area contributed by atoms with E-state index in [1.54, 1.807) is 12.0 Å². The lowest BCUT2D eigenvalue weighted by Gasteiger charge is -2.29. The first-order valence-corrected chi connectivity index (χ1v) is 5.13. The fourth-order valence-electron chi connectivity index (χ4n) is 1.37. The van der Waals surface area contributed by atoms with Crippen LogP contribution >= 0.6 is 0 Å². The lowest BCUT2D eigenvalue weighted by atomic mass is 10.2. The maximum atomic E-state index is 11.8. The Balaban J connectivity index is 4.29. The van der Waals surface area contributed by atoms with Crippen molar-refractivity contribution < 1.29 is 9.53 Å². The molecular weight excluding hydrogens is 180 g/mol. The normalized spacial score (nSPS) is 14.9. The fraction of sp³-hybridized carbons (Fsp3) is 0.900. The number of hydrogen-bond acceptors (Lipinski definition) is 3. The Bertz CT molecular complexity index is 174. The van der Waals surface area contributed by atoms with Crippen LogP contribution in [0.15, 0.2) is 0 Å². The molecular formula is C10H22N2O2. The van der Waals surface area contributed by atoms with Gasteiger partial charge in [-0.1, -0.05) is 6.92 Å². The number of nitrogens with two attached hydrogens (primary N) is 1. The Morgan fingerprint density at radius 1 is 1.50 bits per heavy atom. The van der Waals surface area contributed by atoms with Gasteiger partial charge in [0.1, 0.15) is 6.04 Å². The largest absolute Gasteiger partial charge is 0.383 e. The number of rotatable bonds is 6. The van der Waals surface area contributed by atoms with Gasteiger partial charge in [-0.05, 0) is 20.3 Å². The van der Waals surface area contributed by atoms with Crippen LogP contribution in [0.2, 0.25) is 0 Å². The first kappa shape index (κ1) is 13.4. The molecule has 1 amide bonds. The molecule has 0 aromatic heterocycles. The minimum atomic E-state index is -0.533. The van der Waals surface area contributed by atoms with E-state index in [1.165, 1.54) is 0 Å². The minimum Gasteiger partial charge on any atom is -0.383 e. The summed E-state index contributed by atoms with van der Waals surface area (Å²) >= 11 is 0. The Morgan fingerprint density at radius 3 is 2.43 bits per heavy atom. The standard InChI is InChI=1S/C10H22N2O2/c1-5-8(3)12(6-2)10(13)9(11)7-14-4/h8-9H,5-7,11H2,1-4H3. The van der Waals surface area contributed by atoms with Crippen molar-refractivity contribution in [1.82, 2.24) is 4.90 Å². The number of likely N-dealkylation sites (N-methyl/N-ethyl adjacent to an activating group) is 1. The second kappa shape index (κ2) is 6.79. The van der Waals surface area contributed by atoms with Gasteiger partial charge in [-0.25, -0.2) is 0 Å². The van der Waals surface area contributed by atoms with Crippen LogP contribution in [-0.2, 0) is 9.53 Å². The minimum absolute atomic E-state index is 0.0244. The van der Waals surface area contributed by atoms with Gasteiger partial charge in [0.05, 0.1) is 6.61 Å². The summed E-state index contributed by atoms with van der Waals surface area (Å²) in [6.07, 6.45) is 0.944. The molecule has 14 heavy (non-hydrogen) atoms. The molecule has 0 rings (SSSR count). The number of methoxy groups -OCH3 is 1. The molecule has 0 fully saturated rings. The van der Waals surface area contributed by atoms with Gasteiger partial charge in [0, 0.05) is 19.7 Å². The summed E-state index contributed by atoms with van der Waals surface area (Å²) in [5, 5.41) is 0. The lowest BCUT2D eigenvalue weighted by Crippen LogP contribution is -2.49. The third kappa shape index (κ3) is 3.64. The van der Waals surface area contributed by atoms with Crippen molar-refractivity contribution >= 4 is 5.91 Å². The highest BCUT2D eigenvalue weighted by Gasteiger charge is 2.22. The Morgan fingerprint density at radius 2 is 2.07 bits per heavy atom. The van der Waals surface area contributed by atoms with E-state index in [4.69, 9.17) is 10.5 Å². The molecule has 0 aromatic rings. The molecule has 0 bridgehead atoms. The zero-order valence-electron chi connectivity index (χ0n) is 9.62. The molecule has 4 nitrogen and oxygen atoms in total. The van der Waals surface area contributed by atoms with E-state index < -0.39 is 6.04 Å². The first-order chi connectivity index (χ1) is 6.58. The van der Waals surface area contributed by atoms with Crippen LogP contribution in [0.3, 0.4) is 0 Å². The lowest BCUT2D eigenvalue weighted by molar-refractivity contribution is -0.135. The topological polar surface area (TPSA) is 55.6 Å². The maximum absolute atomic E-state index is 11.8. The summed E-state index contributed by atoms with van der Waals surface area (Å²) in [6.45, 7) is 7.03. The van der Waals surface area contributed by atoms with Crippen LogP contribution in [0.4, 0.5) is 0 Å². The quantitative estimate of drug-likeness (QED) is 0.686. The number of nitrogens with zero attached hydrogens (tertiary/aromatic N) is 1. The predicted molar refractivity (Wildman–Crippen MR) is 57.0 cm³/mol. The van der Waals surface area contributed by atoms with E-state index in [0.717, 1.165) is 6.42 Å². The van der Waals surface area contributed by atoms with Crippen LogP contribution in [0.5, 0.6) is 0 Å². The van der Waals surface area contributed by atoms with E-state index >= 15 is 0 Å². The maximum Gasteiger partial charge on any atom is 0.242 e. The van der Waals surface area contributed by atoms with Crippen molar-refractivity contribution in [2.75, 3.05) is 20.3 Å². The third-order valence-electron chi connectivity index (χ3n) is 2.41. The SMILES string of the molecule is CCC(C)N(CC)C(=O)C(N)COC. The van der Waals surface area contributed by atoms with Gasteiger partial charge in [0.2, 0.25) is 5.91 Å². The molecule has 0 saturated carbocycles. The monoisotopic (exact) mass is 202 g/mol. The summed E-state index contributed by atoms with van der Waals surface area (Å²) in [4.78, 5) is 13.6. The van der Waals surface area contributed by atoms with Crippen molar-refractivity contribution in [3.05, 3.63) is 0 Å². The van der Waals surface area contributed by atoms with Crippen LogP contribution in [0.25, 0.3) is 0 Å². The van der Waals surface area contributed by atoms with Crippen molar-refractivity contribution in [3.63, 3.8) is 0 Å². The molecule has 0 aliphatic rings. The molecule has 0 saturated heterocycles. The summed E-state index contributed by atoms with van der Waals surface area (Å²) < 4.78 is 4.86. The number of carbonyl (C=O) groups is 1. The van der Waals surface area contributed by atoms with E-state index in [1.807, 2.05) is 13.8 Å². The highest BCUT2D eigenvalue weighted by molar-refractivity contribution is 5.82.